The van der Waals surface area contributed by atoms with Crippen molar-refractivity contribution in [3.8, 4) is 11.3 Å². The number of hydrogen-bond donors (Lipinski definition) is 0. The van der Waals surface area contributed by atoms with Gasteiger partial charge in [-0.25, -0.2) is 13.2 Å². The van der Waals surface area contributed by atoms with Crippen molar-refractivity contribution in [3.05, 3.63) is 36.0 Å². The fourth-order valence-electron chi connectivity index (χ4n) is 3.29. The molecule has 1 fully saturated rings. The number of carbonyl (C=O) groups is 1. The van der Waals surface area contributed by atoms with Crippen molar-refractivity contribution >= 4 is 15.8 Å². The Morgan fingerprint density at radius 1 is 1.16 bits per heavy atom. The highest BCUT2D eigenvalue weighted by atomic mass is 32.2. The monoisotopic (exact) mass is 362 g/mol. The smallest absolute Gasteiger partial charge is 0.358 e. The minimum atomic E-state index is -3.24. The first-order chi connectivity index (χ1) is 11.9. The van der Waals surface area contributed by atoms with Crippen LogP contribution in [0, 0.1) is 0 Å². The highest BCUT2D eigenvalue weighted by Gasteiger charge is 2.23. The van der Waals surface area contributed by atoms with Crippen LogP contribution in [0.15, 0.2) is 35.2 Å². The van der Waals surface area contributed by atoms with Gasteiger partial charge in [0.15, 0.2) is 15.5 Å². The molecule has 1 aromatic carbocycles. The number of benzene rings is 1. The third-order valence-electron chi connectivity index (χ3n) is 4.63. The van der Waals surface area contributed by atoms with Gasteiger partial charge in [-0.1, -0.05) is 31.4 Å². The molecule has 134 valence electrons. The van der Waals surface area contributed by atoms with E-state index >= 15 is 0 Å². The van der Waals surface area contributed by atoms with Gasteiger partial charge < -0.3 is 4.74 Å². The van der Waals surface area contributed by atoms with Crippen LogP contribution in [0.3, 0.4) is 0 Å². The Hall–Kier alpha value is -2.15. The summed E-state index contributed by atoms with van der Waals surface area (Å²) in [6.45, 7) is 0. The van der Waals surface area contributed by atoms with Gasteiger partial charge in [0, 0.05) is 6.26 Å². The van der Waals surface area contributed by atoms with Gasteiger partial charge in [0.1, 0.15) is 0 Å². The van der Waals surface area contributed by atoms with E-state index in [1.807, 2.05) is 4.68 Å². The summed E-state index contributed by atoms with van der Waals surface area (Å²) >= 11 is 0. The molecule has 0 amide bonds. The van der Waals surface area contributed by atoms with E-state index in [1.54, 1.807) is 30.3 Å². The maximum absolute atomic E-state index is 11.9. The molecule has 3 rings (SSSR count). The van der Waals surface area contributed by atoms with Crippen molar-refractivity contribution in [2.75, 3.05) is 13.4 Å². The molecule has 0 atom stereocenters. The van der Waals surface area contributed by atoms with Gasteiger partial charge in [-0.2, -0.15) is 5.10 Å². The molecular weight excluding hydrogens is 340 g/mol. The van der Waals surface area contributed by atoms with Gasteiger partial charge in [-0.15, -0.1) is 0 Å². The standard InChI is InChI=1S/C18H22N2O4S/c1-24-18(21)16-12-17(20(19-16)14-6-4-3-5-7-14)13-8-10-15(11-9-13)25(2,22)23/h8-12,14H,3-7H2,1-2H3. The molecule has 1 aliphatic carbocycles. The molecule has 0 N–H and O–H groups in total. The van der Waals surface area contributed by atoms with E-state index in [2.05, 4.69) is 5.10 Å². The van der Waals surface area contributed by atoms with E-state index in [0.717, 1.165) is 36.9 Å². The average Bonchev–Trinajstić information content (AvgIpc) is 3.06. The van der Waals surface area contributed by atoms with E-state index in [1.165, 1.54) is 19.8 Å². The molecule has 0 radical (unpaired) electrons. The summed E-state index contributed by atoms with van der Waals surface area (Å²) in [7, 11) is -1.91. The molecule has 1 aliphatic rings. The number of nitrogens with zero attached hydrogens (tertiary/aromatic N) is 2. The summed E-state index contributed by atoms with van der Waals surface area (Å²) in [5.41, 5.74) is 1.92. The third-order valence-corrected chi connectivity index (χ3v) is 5.76. The number of methoxy groups -OCH3 is 1. The lowest BCUT2D eigenvalue weighted by atomic mass is 9.95. The Kier molecular flexibility index (Phi) is 4.94. The van der Waals surface area contributed by atoms with Crippen LogP contribution in [0.25, 0.3) is 11.3 Å². The van der Waals surface area contributed by atoms with Crippen LogP contribution < -0.4 is 0 Å². The number of esters is 1. The Morgan fingerprint density at radius 2 is 1.80 bits per heavy atom. The molecule has 1 saturated carbocycles. The van der Waals surface area contributed by atoms with Crippen molar-refractivity contribution in [2.45, 2.75) is 43.0 Å². The van der Waals surface area contributed by atoms with Crippen molar-refractivity contribution in [1.29, 1.82) is 0 Å². The molecular formula is C18H22N2O4S. The summed E-state index contributed by atoms with van der Waals surface area (Å²) in [6, 6.07) is 8.65. The molecule has 0 spiro atoms. The molecule has 0 aliphatic heterocycles. The summed E-state index contributed by atoms with van der Waals surface area (Å²) in [4.78, 5) is 12.2. The van der Waals surface area contributed by atoms with Crippen LogP contribution in [-0.4, -0.2) is 37.5 Å². The number of hydrogen-bond acceptors (Lipinski definition) is 5. The van der Waals surface area contributed by atoms with Gasteiger partial charge >= 0.3 is 5.97 Å². The lowest BCUT2D eigenvalue weighted by molar-refractivity contribution is 0.0592. The molecule has 7 heteroatoms. The van der Waals surface area contributed by atoms with E-state index in [0.29, 0.717) is 0 Å². The minimum absolute atomic E-state index is 0.247. The number of rotatable bonds is 4. The summed E-state index contributed by atoms with van der Waals surface area (Å²) in [6.07, 6.45) is 6.74. The topological polar surface area (TPSA) is 78.3 Å². The largest absolute Gasteiger partial charge is 0.464 e. The highest BCUT2D eigenvalue weighted by molar-refractivity contribution is 7.90. The van der Waals surface area contributed by atoms with Gasteiger partial charge in [0.05, 0.1) is 23.7 Å². The Labute approximate surface area is 147 Å². The van der Waals surface area contributed by atoms with E-state index < -0.39 is 15.8 Å². The lowest BCUT2D eigenvalue weighted by Gasteiger charge is -2.24. The normalized spacial score (nSPS) is 15.9. The predicted octanol–water partition coefficient (Wildman–Crippen LogP) is 3.25. The first-order valence-electron chi connectivity index (χ1n) is 8.38. The predicted molar refractivity (Wildman–Crippen MR) is 94.2 cm³/mol. The molecule has 0 saturated heterocycles. The number of sulfone groups is 1. The molecule has 1 aromatic heterocycles. The summed E-state index contributed by atoms with van der Waals surface area (Å²) in [5.74, 6) is -0.469. The van der Waals surface area contributed by atoms with E-state index in [4.69, 9.17) is 4.74 Å². The Morgan fingerprint density at radius 3 is 2.36 bits per heavy atom. The average molecular weight is 362 g/mol. The van der Waals surface area contributed by atoms with Crippen molar-refractivity contribution in [1.82, 2.24) is 9.78 Å². The van der Waals surface area contributed by atoms with Crippen molar-refractivity contribution < 1.29 is 17.9 Å². The van der Waals surface area contributed by atoms with Crippen LogP contribution in [-0.2, 0) is 14.6 Å². The maximum Gasteiger partial charge on any atom is 0.358 e. The maximum atomic E-state index is 11.9. The lowest BCUT2D eigenvalue weighted by Crippen LogP contribution is -2.16. The fraction of sp³-hybridized carbons (Fsp3) is 0.444. The Balaban J connectivity index is 2.03. The third kappa shape index (κ3) is 3.76. The quantitative estimate of drug-likeness (QED) is 0.780. The zero-order valence-electron chi connectivity index (χ0n) is 14.4. The fourth-order valence-corrected chi connectivity index (χ4v) is 3.92. The van der Waals surface area contributed by atoms with Crippen LogP contribution >= 0.6 is 0 Å². The molecule has 25 heavy (non-hydrogen) atoms. The molecule has 0 unspecified atom stereocenters. The Bertz CT molecular complexity index is 863. The second-order valence-corrected chi connectivity index (χ2v) is 8.46. The minimum Gasteiger partial charge on any atom is -0.464 e. The van der Waals surface area contributed by atoms with E-state index in [9.17, 15) is 13.2 Å². The van der Waals surface area contributed by atoms with Gasteiger partial charge in [-0.05, 0) is 36.6 Å². The second kappa shape index (κ2) is 7.00. The number of ether oxygens (including phenoxy) is 1. The SMILES string of the molecule is COC(=O)c1cc(-c2ccc(S(C)(=O)=O)cc2)n(C2CCCCC2)n1. The van der Waals surface area contributed by atoms with E-state index in [-0.39, 0.29) is 16.6 Å². The van der Waals surface area contributed by atoms with Crippen molar-refractivity contribution in [2.24, 2.45) is 0 Å². The molecule has 2 aromatic rings. The number of carbonyl (C=O) groups excluding carboxylic acids is 1. The van der Waals surface area contributed by atoms with Crippen LogP contribution in [0.4, 0.5) is 0 Å². The van der Waals surface area contributed by atoms with Crippen LogP contribution in [0.5, 0.6) is 0 Å². The van der Waals surface area contributed by atoms with Crippen molar-refractivity contribution in [3.63, 3.8) is 0 Å². The highest BCUT2D eigenvalue weighted by Crippen LogP contribution is 2.33. The van der Waals surface area contributed by atoms with Crippen LogP contribution in [0.1, 0.15) is 48.6 Å². The zero-order valence-corrected chi connectivity index (χ0v) is 15.3. The van der Waals surface area contributed by atoms with Gasteiger partial charge in [0.2, 0.25) is 0 Å². The first kappa shape index (κ1) is 17.7. The van der Waals surface area contributed by atoms with Gasteiger partial charge in [-0.3, -0.25) is 4.68 Å². The zero-order chi connectivity index (χ0) is 18.0. The summed E-state index contributed by atoms with van der Waals surface area (Å²) < 4.78 is 30.0. The number of aromatic nitrogens is 2. The molecule has 1 heterocycles. The molecule has 0 bridgehead atoms. The second-order valence-electron chi connectivity index (χ2n) is 6.44. The summed E-state index contributed by atoms with van der Waals surface area (Å²) in [5, 5.41) is 4.48. The van der Waals surface area contributed by atoms with Crippen LogP contribution in [0.2, 0.25) is 0 Å². The molecule has 6 nitrogen and oxygen atoms in total. The first-order valence-corrected chi connectivity index (χ1v) is 10.3. The van der Waals surface area contributed by atoms with Gasteiger partial charge in [0.25, 0.3) is 0 Å².